The number of sulfonamides is 1. The molecule has 1 heterocycles. The van der Waals surface area contributed by atoms with Crippen LogP contribution in [-0.4, -0.2) is 25.8 Å². The quantitative estimate of drug-likeness (QED) is 0.859. The van der Waals surface area contributed by atoms with Crippen LogP contribution in [0, 0.1) is 5.82 Å². The lowest BCUT2D eigenvalue weighted by atomic mass is 9.99. The third-order valence-electron chi connectivity index (χ3n) is 4.33. The Balaban J connectivity index is 1.84. The van der Waals surface area contributed by atoms with Gasteiger partial charge >= 0.3 is 0 Å². The summed E-state index contributed by atoms with van der Waals surface area (Å²) in [6.45, 7) is 2.94. The minimum atomic E-state index is -3.90. The summed E-state index contributed by atoms with van der Waals surface area (Å²) < 4.78 is 40.7. The molecular weight excluding hydrogens is 379 g/mol. The summed E-state index contributed by atoms with van der Waals surface area (Å²) in [7, 11) is -3.90. The van der Waals surface area contributed by atoms with Gasteiger partial charge in [0.05, 0.1) is 9.92 Å². The van der Waals surface area contributed by atoms with Crippen LogP contribution in [0.2, 0.25) is 5.02 Å². The predicted molar refractivity (Wildman–Crippen MR) is 98.1 cm³/mol. The second kappa shape index (κ2) is 7.25. The Morgan fingerprint density at radius 2 is 2.00 bits per heavy atom. The van der Waals surface area contributed by atoms with Gasteiger partial charge in [-0.25, -0.2) is 12.8 Å². The highest BCUT2D eigenvalue weighted by Crippen LogP contribution is 2.26. The van der Waals surface area contributed by atoms with Crippen molar-refractivity contribution in [3.63, 3.8) is 0 Å². The number of carbonyl (C=O) groups is 1. The van der Waals surface area contributed by atoms with Gasteiger partial charge in [-0.3, -0.25) is 9.52 Å². The molecule has 2 aromatic carbocycles. The molecule has 0 bridgehead atoms. The molecule has 0 fully saturated rings. The third kappa shape index (κ3) is 3.83. The molecule has 0 aliphatic carbocycles. The zero-order valence-electron chi connectivity index (χ0n) is 14.1. The Labute approximate surface area is 156 Å². The number of halogens is 2. The van der Waals surface area contributed by atoms with Crippen LogP contribution in [0.25, 0.3) is 0 Å². The Bertz CT molecular complexity index is 963. The van der Waals surface area contributed by atoms with Gasteiger partial charge in [0.1, 0.15) is 5.82 Å². The average molecular weight is 397 g/mol. The minimum Gasteiger partial charge on any atom is -0.338 e. The average Bonchev–Trinajstić information content (AvgIpc) is 2.62. The number of carbonyl (C=O) groups excluding carboxylic acids is 1. The van der Waals surface area contributed by atoms with Crippen molar-refractivity contribution in [2.24, 2.45) is 0 Å². The van der Waals surface area contributed by atoms with Crippen molar-refractivity contribution in [3.8, 4) is 0 Å². The summed E-state index contributed by atoms with van der Waals surface area (Å²) in [5.74, 6) is -0.609. The maximum absolute atomic E-state index is 13.3. The molecular formula is C18H18ClFN2O3S. The van der Waals surface area contributed by atoms with Gasteiger partial charge in [-0.1, -0.05) is 24.6 Å². The van der Waals surface area contributed by atoms with Gasteiger partial charge in [0.25, 0.3) is 10.0 Å². The van der Waals surface area contributed by atoms with Crippen molar-refractivity contribution in [1.82, 2.24) is 4.90 Å². The number of hydrogen-bond acceptors (Lipinski definition) is 3. The summed E-state index contributed by atoms with van der Waals surface area (Å²) in [5.41, 5.74) is 2.39. The molecule has 1 amide bonds. The van der Waals surface area contributed by atoms with Gasteiger partial charge in [-0.05, 0) is 47.9 Å². The monoisotopic (exact) mass is 396 g/mol. The molecule has 2 aromatic rings. The summed E-state index contributed by atoms with van der Waals surface area (Å²) in [5, 5.41) is -0.257. The third-order valence-corrected chi connectivity index (χ3v) is 6.00. The minimum absolute atomic E-state index is 0.0718. The van der Waals surface area contributed by atoms with Crippen molar-refractivity contribution >= 4 is 33.2 Å². The lowest BCUT2D eigenvalue weighted by Gasteiger charge is -2.29. The first kappa shape index (κ1) is 18.7. The van der Waals surface area contributed by atoms with Gasteiger partial charge in [-0.15, -0.1) is 0 Å². The number of nitrogens with zero attached hydrogens (tertiary/aromatic N) is 1. The van der Waals surface area contributed by atoms with Gasteiger partial charge in [0.2, 0.25) is 5.91 Å². The first-order valence-corrected chi connectivity index (χ1v) is 10.0. The van der Waals surface area contributed by atoms with Crippen LogP contribution in [0.15, 0.2) is 41.3 Å². The van der Waals surface area contributed by atoms with E-state index in [1.165, 1.54) is 0 Å². The summed E-state index contributed by atoms with van der Waals surface area (Å²) >= 11 is 5.67. The summed E-state index contributed by atoms with van der Waals surface area (Å²) in [6, 6.07) is 8.51. The van der Waals surface area contributed by atoms with Crippen LogP contribution in [0.1, 0.15) is 24.5 Å². The molecule has 0 unspecified atom stereocenters. The fourth-order valence-corrected chi connectivity index (χ4v) is 4.24. The molecule has 8 heteroatoms. The number of anilines is 1. The lowest BCUT2D eigenvalue weighted by molar-refractivity contribution is -0.131. The highest BCUT2D eigenvalue weighted by Gasteiger charge is 2.21. The van der Waals surface area contributed by atoms with E-state index in [1.54, 1.807) is 17.0 Å². The van der Waals surface area contributed by atoms with Crippen molar-refractivity contribution in [3.05, 3.63) is 58.4 Å². The molecule has 1 N–H and O–H groups in total. The van der Waals surface area contributed by atoms with Crippen molar-refractivity contribution < 1.29 is 17.6 Å². The summed E-state index contributed by atoms with van der Waals surface area (Å²) in [4.78, 5) is 13.5. The van der Waals surface area contributed by atoms with E-state index >= 15 is 0 Å². The first-order valence-electron chi connectivity index (χ1n) is 8.17. The van der Waals surface area contributed by atoms with E-state index in [1.807, 2.05) is 13.0 Å². The molecule has 0 saturated carbocycles. The Hall–Kier alpha value is -2.12. The fourth-order valence-electron chi connectivity index (χ4n) is 2.92. The highest BCUT2D eigenvalue weighted by atomic mass is 35.5. The SMILES string of the molecule is CCC(=O)N1CCc2ccc(NS(=O)(=O)c3ccc(F)c(Cl)c3)cc2C1. The van der Waals surface area contributed by atoms with E-state index in [4.69, 9.17) is 11.6 Å². The van der Waals surface area contributed by atoms with E-state index in [-0.39, 0.29) is 15.8 Å². The predicted octanol–water partition coefficient (Wildman–Crippen LogP) is 3.57. The zero-order chi connectivity index (χ0) is 18.9. The highest BCUT2D eigenvalue weighted by molar-refractivity contribution is 7.92. The number of amides is 1. The number of fused-ring (bicyclic) bond motifs is 1. The van der Waals surface area contributed by atoms with E-state index < -0.39 is 15.8 Å². The molecule has 0 spiro atoms. The van der Waals surface area contributed by atoms with E-state index in [2.05, 4.69) is 4.72 Å². The Morgan fingerprint density at radius 1 is 1.23 bits per heavy atom. The molecule has 0 saturated heterocycles. The van der Waals surface area contributed by atoms with Crippen LogP contribution in [0.3, 0.4) is 0 Å². The maximum Gasteiger partial charge on any atom is 0.261 e. The zero-order valence-corrected chi connectivity index (χ0v) is 15.7. The van der Waals surface area contributed by atoms with Gasteiger partial charge in [-0.2, -0.15) is 0 Å². The maximum atomic E-state index is 13.3. The summed E-state index contributed by atoms with van der Waals surface area (Å²) in [6.07, 6.45) is 1.18. The molecule has 1 aliphatic rings. The number of nitrogens with one attached hydrogen (secondary N) is 1. The van der Waals surface area contributed by atoms with Gasteiger partial charge in [0, 0.05) is 25.2 Å². The van der Waals surface area contributed by atoms with Crippen LogP contribution < -0.4 is 4.72 Å². The van der Waals surface area contributed by atoms with Crippen LogP contribution in [0.5, 0.6) is 0 Å². The van der Waals surface area contributed by atoms with Gasteiger partial charge in [0.15, 0.2) is 0 Å². The Kier molecular flexibility index (Phi) is 5.20. The largest absolute Gasteiger partial charge is 0.338 e. The van der Waals surface area contributed by atoms with Crippen molar-refractivity contribution in [2.75, 3.05) is 11.3 Å². The molecule has 26 heavy (non-hydrogen) atoms. The number of rotatable bonds is 4. The molecule has 0 aromatic heterocycles. The van der Waals surface area contributed by atoms with Gasteiger partial charge < -0.3 is 4.90 Å². The Morgan fingerprint density at radius 3 is 2.69 bits per heavy atom. The molecule has 0 radical (unpaired) electrons. The molecule has 1 aliphatic heterocycles. The van der Waals surface area contributed by atoms with E-state index in [9.17, 15) is 17.6 Å². The van der Waals surface area contributed by atoms with Crippen LogP contribution in [-0.2, 0) is 27.8 Å². The molecule has 3 rings (SSSR count). The second-order valence-corrected chi connectivity index (χ2v) is 8.17. The van der Waals surface area contributed by atoms with Crippen molar-refractivity contribution in [2.45, 2.75) is 31.2 Å². The van der Waals surface area contributed by atoms with E-state index in [0.717, 1.165) is 35.7 Å². The first-order chi connectivity index (χ1) is 12.3. The standard InChI is InChI=1S/C18H18ClFN2O3S/c1-2-18(23)22-8-7-12-3-4-14(9-13(12)11-22)21-26(24,25)15-5-6-17(20)16(19)10-15/h3-6,9-10,21H,2,7-8,11H2,1H3. The van der Waals surface area contributed by atoms with E-state index in [0.29, 0.717) is 25.2 Å². The number of benzene rings is 2. The van der Waals surface area contributed by atoms with Crippen LogP contribution >= 0.6 is 11.6 Å². The van der Waals surface area contributed by atoms with Crippen LogP contribution in [0.4, 0.5) is 10.1 Å². The normalized spacial score (nSPS) is 14.0. The molecule has 0 atom stereocenters. The smallest absolute Gasteiger partial charge is 0.261 e. The second-order valence-electron chi connectivity index (χ2n) is 6.08. The van der Waals surface area contributed by atoms with Crippen molar-refractivity contribution in [1.29, 1.82) is 0 Å². The fraction of sp³-hybridized carbons (Fsp3) is 0.278. The molecule has 5 nitrogen and oxygen atoms in total. The topological polar surface area (TPSA) is 66.5 Å². The number of hydrogen-bond donors (Lipinski definition) is 1. The molecule has 138 valence electrons. The lowest BCUT2D eigenvalue weighted by Crippen LogP contribution is -2.35.